The molecule has 5 heteroatoms. The molecule has 3 heterocycles. The number of rotatable bonds is 4. The molecule has 2 aliphatic rings. The van der Waals surface area contributed by atoms with Gasteiger partial charge in [0.05, 0.1) is 12.3 Å². The first kappa shape index (κ1) is 17.3. The highest BCUT2D eigenvalue weighted by molar-refractivity contribution is 5.82. The Kier molecular flexibility index (Phi) is 4.65. The van der Waals surface area contributed by atoms with Crippen molar-refractivity contribution < 1.29 is 4.42 Å². The Morgan fingerprint density at radius 2 is 2.00 bits per heavy atom. The molecule has 0 aliphatic carbocycles. The maximum absolute atomic E-state index is 5.71. The van der Waals surface area contributed by atoms with E-state index in [4.69, 9.17) is 4.42 Å². The van der Waals surface area contributed by atoms with Crippen LogP contribution in [0.1, 0.15) is 52.3 Å². The molecule has 0 aromatic carbocycles. The molecule has 0 saturated carbocycles. The summed E-state index contributed by atoms with van der Waals surface area (Å²) < 4.78 is 5.71. The van der Waals surface area contributed by atoms with E-state index in [0.717, 1.165) is 37.9 Å². The van der Waals surface area contributed by atoms with Crippen LogP contribution in [0, 0.1) is 5.41 Å². The van der Waals surface area contributed by atoms with Crippen LogP contribution < -0.4 is 5.32 Å². The first-order chi connectivity index (χ1) is 11.4. The number of aliphatic imine (C=N–C) groups is 1. The van der Waals surface area contributed by atoms with Crippen molar-refractivity contribution in [2.75, 3.05) is 33.2 Å². The fourth-order valence-corrected chi connectivity index (χ4v) is 3.83. The SMILES string of the molecule is CN=C(NCC(c1ccco1)N1CCCC1)N1CC(C)(C)C1(C)C. The van der Waals surface area contributed by atoms with Crippen LogP contribution in [0.5, 0.6) is 0 Å². The molecule has 2 aliphatic heterocycles. The van der Waals surface area contributed by atoms with Crippen molar-refractivity contribution in [1.82, 2.24) is 15.1 Å². The predicted molar refractivity (Wildman–Crippen MR) is 98.2 cm³/mol. The summed E-state index contributed by atoms with van der Waals surface area (Å²) in [5.74, 6) is 2.04. The summed E-state index contributed by atoms with van der Waals surface area (Å²) >= 11 is 0. The van der Waals surface area contributed by atoms with E-state index >= 15 is 0 Å². The molecule has 134 valence electrons. The summed E-state index contributed by atoms with van der Waals surface area (Å²) in [7, 11) is 1.88. The Bertz CT molecular complexity index is 570. The minimum Gasteiger partial charge on any atom is -0.468 e. The molecule has 0 radical (unpaired) electrons. The lowest BCUT2D eigenvalue weighted by Crippen LogP contribution is -2.72. The van der Waals surface area contributed by atoms with Gasteiger partial charge in [0.15, 0.2) is 5.96 Å². The molecule has 1 aromatic rings. The number of likely N-dealkylation sites (tertiary alicyclic amines) is 2. The topological polar surface area (TPSA) is 44.0 Å². The largest absolute Gasteiger partial charge is 0.468 e. The van der Waals surface area contributed by atoms with Gasteiger partial charge in [0.25, 0.3) is 0 Å². The normalized spacial score (nSPS) is 24.7. The molecule has 1 aromatic heterocycles. The zero-order valence-corrected chi connectivity index (χ0v) is 15.8. The average molecular weight is 332 g/mol. The van der Waals surface area contributed by atoms with Gasteiger partial charge in [-0.1, -0.05) is 13.8 Å². The molecular formula is C19H32N4O. The average Bonchev–Trinajstić information content (AvgIpc) is 3.23. The Morgan fingerprint density at radius 3 is 2.50 bits per heavy atom. The van der Waals surface area contributed by atoms with E-state index in [-0.39, 0.29) is 11.6 Å². The summed E-state index contributed by atoms with van der Waals surface area (Å²) in [4.78, 5) is 9.44. The van der Waals surface area contributed by atoms with Gasteiger partial charge >= 0.3 is 0 Å². The first-order valence-corrected chi connectivity index (χ1v) is 9.12. The molecule has 0 bridgehead atoms. The molecule has 1 unspecified atom stereocenters. The molecule has 2 saturated heterocycles. The molecule has 0 spiro atoms. The van der Waals surface area contributed by atoms with Crippen LogP contribution in [0.25, 0.3) is 0 Å². The molecule has 24 heavy (non-hydrogen) atoms. The predicted octanol–water partition coefficient (Wildman–Crippen LogP) is 3.11. The summed E-state index contributed by atoms with van der Waals surface area (Å²) in [5, 5.41) is 3.60. The second-order valence-electron chi connectivity index (χ2n) is 8.23. The van der Waals surface area contributed by atoms with Crippen LogP contribution in [0.4, 0.5) is 0 Å². The van der Waals surface area contributed by atoms with Gasteiger partial charge in [-0.25, -0.2) is 0 Å². The number of nitrogens with one attached hydrogen (secondary N) is 1. The second-order valence-corrected chi connectivity index (χ2v) is 8.23. The monoisotopic (exact) mass is 332 g/mol. The van der Waals surface area contributed by atoms with Crippen molar-refractivity contribution in [3.63, 3.8) is 0 Å². The van der Waals surface area contributed by atoms with E-state index in [1.54, 1.807) is 6.26 Å². The van der Waals surface area contributed by atoms with Crippen molar-refractivity contribution in [3.8, 4) is 0 Å². The van der Waals surface area contributed by atoms with Gasteiger partial charge < -0.3 is 14.6 Å². The molecular weight excluding hydrogens is 300 g/mol. The fourth-order valence-electron chi connectivity index (χ4n) is 3.83. The van der Waals surface area contributed by atoms with Crippen LogP contribution in [0.3, 0.4) is 0 Å². The van der Waals surface area contributed by atoms with Crippen LogP contribution in [-0.4, -0.2) is 54.5 Å². The quantitative estimate of drug-likeness (QED) is 0.680. The van der Waals surface area contributed by atoms with Crippen molar-refractivity contribution in [2.24, 2.45) is 10.4 Å². The number of hydrogen-bond donors (Lipinski definition) is 1. The van der Waals surface area contributed by atoms with Crippen molar-refractivity contribution in [2.45, 2.75) is 52.1 Å². The maximum atomic E-state index is 5.71. The third-order valence-electron chi connectivity index (χ3n) is 6.26. The zero-order valence-electron chi connectivity index (χ0n) is 15.8. The summed E-state index contributed by atoms with van der Waals surface area (Å²) in [6.45, 7) is 13.4. The highest BCUT2D eigenvalue weighted by Gasteiger charge is 2.53. The Hall–Kier alpha value is -1.49. The second kappa shape index (κ2) is 6.43. The van der Waals surface area contributed by atoms with Gasteiger partial charge in [0.2, 0.25) is 0 Å². The van der Waals surface area contributed by atoms with Gasteiger partial charge in [-0.2, -0.15) is 0 Å². The van der Waals surface area contributed by atoms with Crippen LogP contribution in [0.15, 0.2) is 27.8 Å². The molecule has 1 N–H and O–H groups in total. The van der Waals surface area contributed by atoms with Gasteiger partial charge in [0.1, 0.15) is 5.76 Å². The summed E-state index contributed by atoms with van der Waals surface area (Å²) in [6, 6.07) is 4.34. The van der Waals surface area contributed by atoms with Gasteiger partial charge in [-0.15, -0.1) is 0 Å². The number of guanidine groups is 1. The molecule has 1 atom stereocenters. The van der Waals surface area contributed by atoms with E-state index < -0.39 is 0 Å². The van der Waals surface area contributed by atoms with Crippen LogP contribution in [0.2, 0.25) is 0 Å². The number of nitrogens with zero attached hydrogens (tertiary/aromatic N) is 3. The van der Waals surface area contributed by atoms with Crippen molar-refractivity contribution in [3.05, 3.63) is 24.2 Å². The zero-order chi connectivity index (χ0) is 17.4. The standard InChI is InChI=1S/C19H32N4O/c1-18(2)14-23(19(18,3)4)17(20-5)21-13-15(16-9-8-12-24-16)22-10-6-7-11-22/h8-9,12,15H,6-7,10-11,13-14H2,1-5H3,(H,20,21). The van der Waals surface area contributed by atoms with E-state index in [1.807, 2.05) is 13.1 Å². The minimum atomic E-state index is 0.114. The third-order valence-corrected chi connectivity index (χ3v) is 6.26. The van der Waals surface area contributed by atoms with E-state index in [1.165, 1.54) is 12.8 Å². The minimum absolute atomic E-state index is 0.114. The Labute approximate surface area is 146 Å². The molecule has 5 nitrogen and oxygen atoms in total. The lowest BCUT2D eigenvalue weighted by Gasteiger charge is -2.62. The van der Waals surface area contributed by atoms with E-state index in [0.29, 0.717) is 5.41 Å². The summed E-state index contributed by atoms with van der Waals surface area (Å²) in [5.41, 5.74) is 0.419. The smallest absolute Gasteiger partial charge is 0.194 e. The van der Waals surface area contributed by atoms with E-state index in [9.17, 15) is 0 Å². The maximum Gasteiger partial charge on any atom is 0.194 e. The molecule has 3 rings (SSSR count). The number of furan rings is 1. The highest BCUT2D eigenvalue weighted by Crippen LogP contribution is 2.46. The third kappa shape index (κ3) is 2.94. The van der Waals surface area contributed by atoms with Crippen LogP contribution in [-0.2, 0) is 0 Å². The van der Waals surface area contributed by atoms with Crippen molar-refractivity contribution in [1.29, 1.82) is 0 Å². The van der Waals surface area contributed by atoms with E-state index in [2.05, 4.69) is 53.9 Å². The lowest BCUT2D eigenvalue weighted by molar-refractivity contribution is -0.0669. The lowest BCUT2D eigenvalue weighted by atomic mass is 9.65. The Morgan fingerprint density at radius 1 is 1.29 bits per heavy atom. The van der Waals surface area contributed by atoms with Gasteiger partial charge in [0, 0.05) is 31.1 Å². The van der Waals surface area contributed by atoms with Gasteiger partial charge in [-0.3, -0.25) is 9.89 Å². The molecule has 0 amide bonds. The number of hydrogen-bond acceptors (Lipinski definition) is 3. The van der Waals surface area contributed by atoms with Crippen LogP contribution >= 0.6 is 0 Å². The molecule has 2 fully saturated rings. The van der Waals surface area contributed by atoms with Gasteiger partial charge in [-0.05, 0) is 51.9 Å². The Balaban J connectivity index is 1.68. The first-order valence-electron chi connectivity index (χ1n) is 9.12. The fraction of sp³-hybridized carbons (Fsp3) is 0.737. The summed E-state index contributed by atoms with van der Waals surface area (Å²) in [6.07, 6.45) is 4.33. The highest BCUT2D eigenvalue weighted by atomic mass is 16.3. The van der Waals surface area contributed by atoms with Crippen molar-refractivity contribution >= 4 is 5.96 Å².